The molecule has 3 aromatic carbocycles. The van der Waals surface area contributed by atoms with Crippen LogP contribution in [0, 0.1) is 0 Å². The van der Waals surface area contributed by atoms with E-state index < -0.39 is 24.3 Å². The van der Waals surface area contributed by atoms with Gasteiger partial charge in [-0.15, -0.1) is 0 Å². The number of aliphatic carboxylic acids is 1. The number of hydrogen-bond donors (Lipinski definition) is 1. The molecule has 0 atom stereocenters. The first kappa shape index (κ1) is 21.9. The molecule has 0 aromatic heterocycles. The molecule has 0 bridgehead atoms. The van der Waals surface area contributed by atoms with Gasteiger partial charge in [0, 0.05) is 0 Å². The molecule has 3 aromatic rings. The molecule has 0 aliphatic rings. The van der Waals surface area contributed by atoms with Gasteiger partial charge in [-0.25, -0.2) is 4.79 Å². The zero-order valence-corrected chi connectivity index (χ0v) is 16.2. The lowest BCUT2D eigenvalue weighted by Crippen LogP contribution is -2.05. The number of halogens is 3. The van der Waals surface area contributed by atoms with Crippen molar-refractivity contribution in [2.75, 3.05) is 6.61 Å². The van der Waals surface area contributed by atoms with Gasteiger partial charge < -0.3 is 14.7 Å². The van der Waals surface area contributed by atoms with Crippen molar-refractivity contribution < 1.29 is 32.6 Å². The van der Waals surface area contributed by atoms with E-state index in [0.29, 0.717) is 11.3 Å². The van der Waals surface area contributed by atoms with Gasteiger partial charge in [-0.2, -0.15) is 13.2 Å². The van der Waals surface area contributed by atoms with E-state index in [9.17, 15) is 18.0 Å². The van der Waals surface area contributed by atoms with Crippen molar-refractivity contribution in [3.05, 3.63) is 89.5 Å². The Hall–Kier alpha value is -3.81. The molecular formula is C23H18F3NO4. The monoisotopic (exact) mass is 429 g/mol. The molecule has 0 aliphatic heterocycles. The maximum absolute atomic E-state index is 12.7. The minimum atomic E-state index is -4.37. The van der Waals surface area contributed by atoms with Gasteiger partial charge in [-0.05, 0) is 52.6 Å². The van der Waals surface area contributed by atoms with Crippen LogP contribution in [0.1, 0.15) is 16.7 Å². The Kier molecular flexibility index (Phi) is 6.92. The molecule has 8 heteroatoms. The lowest BCUT2D eigenvalue weighted by Gasteiger charge is -2.10. The van der Waals surface area contributed by atoms with Crippen molar-refractivity contribution in [3.8, 4) is 16.9 Å². The number of hydrogen-bond acceptors (Lipinski definition) is 4. The van der Waals surface area contributed by atoms with Crippen molar-refractivity contribution in [2.45, 2.75) is 12.8 Å². The zero-order valence-electron chi connectivity index (χ0n) is 16.2. The van der Waals surface area contributed by atoms with Gasteiger partial charge in [0.05, 0.1) is 11.8 Å². The SMILES string of the molecule is O=C(O)CO/N=C/c1cccc(-c2cccc(OCc3ccc(C(F)(F)F)cc3)c2)c1. The Morgan fingerprint density at radius 3 is 2.32 bits per heavy atom. The molecule has 0 spiro atoms. The standard InChI is InChI=1S/C23H18F3NO4/c24-23(25,26)20-9-7-16(8-10-20)14-30-21-6-2-5-19(12-21)18-4-1-3-17(11-18)13-27-31-15-22(28)29/h1-13H,14-15H2,(H,28,29)/b27-13+. The smallest absolute Gasteiger partial charge is 0.416 e. The molecule has 0 radical (unpaired) electrons. The molecule has 0 aliphatic carbocycles. The Morgan fingerprint density at radius 1 is 0.968 bits per heavy atom. The van der Waals surface area contributed by atoms with E-state index in [1.54, 1.807) is 12.1 Å². The van der Waals surface area contributed by atoms with Crippen molar-refractivity contribution in [1.29, 1.82) is 0 Å². The predicted octanol–water partition coefficient (Wildman–Crippen LogP) is 5.39. The molecule has 0 saturated heterocycles. The summed E-state index contributed by atoms with van der Waals surface area (Å²) in [5.41, 5.74) is 2.39. The highest BCUT2D eigenvalue weighted by atomic mass is 19.4. The van der Waals surface area contributed by atoms with Crippen molar-refractivity contribution in [1.82, 2.24) is 0 Å². The van der Waals surface area contributed by atoms with Gasteiger partial charge in [0.2, 0.25) is 6.61 Å². The number of nitrogens with zero attached hydrogens (tertiary/aromatic N) is 1. The Balaban J connectivity index is 1.66. The third-order valence-corrected chi connectivity index (χ3v) is 4.21. The largest absolute Gasteiger partial charge is 0.489 e. The maximum Gasteiger partial charge on any atom is 0.416 e. The predicted molar refractivity (Wildman–Crippen MR) is 109 cm³/mol. The second kappa shape index (κ2) is 9.80. The highest BCUT2D eigenvalue weighted by molar-refractivity contribution is 5.82. The number of carboxylic acid groups (broad SMARTS) is 1. The summed E-state index contributed by atoms with van der Waals surface area (Å²) in [6, 6.07) is 19.5. The minimum absolute atomic E-state index is 0.134. The van der Waals surface area contributed by atoms with Gasteiger partial charge in [0.15, 0.2) is 0 Å². The lowest BCUT2D eigenvalue weighted by molar-refractivity contribution is -0.142. The molecule has 0 heterocycles. The number of rotatable bonds is 8. The second-order valence-corrected chi connectivity index (χ2v) is 6.54. The Morgan fingerprint density at radius 2 is 1.65 bits per heavy atom. The van der Waals surface area contributed by atoms with E-state index in [0.717, 1.165) is 28.8 Å². The van der Waals surface area contributed by atoms with E-state index in [1.165, 1.54) is 18.3 Å². The van der Waals surface area contributed by atoms with E-state index in [1.807, 2.05) is 36.4 Å². The average molecular weight is 429 g/mol. The normalized spacial score (nSPS) is 11.5. The van der Waals surface area contributed by atoms with Crippen LogP contribution in [0.2, 0.25) is 0 Å². The van der Waals surface area contributed by atoms with E-state index in [2.05, 4.69) is 9.99 Å². The van der Waals surface area contributed by atoms with Crippen LogP contribution < -0.4 is 4.74 Å². The summed E-state index contributed by atoms with van der Waals surface area (Å²) in [6.07, 6.45) is -2.95. The van der Waals surface area contributed by atoms with Gasteiger partial charge in [0.25, 0.3) is 0 Å². The number of alkyl halides is 3. The van der Waals surface area contributed by atoms with Crippen LogP contribution in [0.15, 0.2) is 78.0 Å². The first-order valence-corrected chi connectivity index (χ1v) is 9.18. The highest BCUT2D eigenvalue weighted by Crippen LogP contribution is 2.29. The fourth-order valence-electron chi connectivity index (χ4n) is 2.71. The zero-order chi connectivity index (χ0) is 22.3. The third kappa shape index (κ3) is 6.60. The van der Waals surface area contributed by atoms with Crippen LogP contribution in [-0.2, 0) is 22.4 Å². The van der Waals surface area contributed by atoms with Gasteiger partial charge in [0.1, 0.15) is 12.4 Å². The van der Waals surface area contributed by atoms with Crippen molar-refractivity contribution in [2.24, 2.45) is 5.16 Å². The quantitative estimate of drug-likeness (QED) is 0.385. The number of carbonyl (C=O) groups is 1. The molecule has 3 rings (SSSR count). The molecule has 0 fully saturated rings. The maximum atomic E-state index is 12.7. The summed E-state index contributed by atoms with van der Waals surface area (Å²) in [4.78, 5) is 15.1. The lowest BCUT2D eigenvalue weighted by atomic mass is 10.0. The summed E-state index contributed by atoms with van der Waals surface area (Å²) < 4.78 is 43.7. The van der Waals surface area contributed by atoms with Crippen molar-refractivity contribution >= 4 is 12.2 Å². The van der Waals surface area contributed by atoms with Crippen LogP contribution >= 0.6 is 0 Å². The van der Waals surface area contributed by atoms with E-state index in [-0.39, 0.29) is 6.61 Å². The van der Waals surface area contributed by atoms with Crippen LogP contribution in [0.5, 0.6) is 5.75 Å². The molecule has 31 heavy (non-hydrogen) atoms. The minimum Gasteiger partial charge on any atom is -0.489 e. The summed E-state index contributed by atoms with van der Waals surface area (Å²) in [6.45, 7) is -0.385. The molecule has 1 N–H and O–H groups in total. The fraction of sp³-hybridized carbons (Fsp3) is 0.130. The van der Waals surface area contributed by atoms with E-state index in [4.69, 9.17) is 9.84 Å². The molecule has 0 unspecified atom stereocenters. The van der Waals surface area contributed by atoms with Crippen molar-refractivity contribution in [3.63, 3.8) is 0 Å². The van der Waals surface area contributed by atoms with Gasteiger partial charge >= 0.3 is 12.1 Å². The van der Waals surface area contributed by atoms with Crippen LogP contribution in [0.25, 0.3) is 11.1 Å². The topological polar surface area (TPSA) is 68.1 Å². The van der Waals surface area contributed by atoms with Crippen LogP contribution in [0.3, 0.4) is 0 Å². The highest BCUT2D eigenvalue weighted by Gasteiger charge is 2.29. The summed E-state index contributed by atoms with van der Waals surface area (Å²) in [5, 5.41) is 12.2. The van der Waals surface area contributed by atoms with Gasteiger partial charge in [-0.3, -0.25) is 0 Å². The summed E-state index contributed by atoms with van der Waals surface area (Å²) in [7, 11) is 0. The molecular weight excluding hydrogens is 411 g/mol. The average Bonchev–Trinajstić information content (AvgIpc) is 2.75. The van der Waals surface area contributed by atoms with E-state index >= 15 is 0 Å². The third-order valence-electron chi connectivity index (χ3n) is 4.21. The number of ether oxygens (including phenoxy) is 1. The van der Waals surface area contributed by atoms with Crippen LogP contribution in [0.4, 0.5) is 13.2 Å². The number of oxime groups is 1. The Bertz CT molecular complexity index is 1060. The molecule has 0 amide bonds. The molecule has 5 nitrogen and oxygen atoms in total. The molecule has 0 saturated carbocycles. The molecule has 160 valence electrons. The van der Waals surface area contributed by atoms with Gasteiger partial charge in [-0.1, -0.05) is 47.6 Å². The number of carboxylic acids is 1. The Labute approximate surface area is 176 Å². The number of benzene rings is 3. The second-order valence-electron chi connectivity index (χ2n) is 6.54. The van der Waals surface area contributed by atoms with Crippen LogP contribution in [-0.4, -0.2) is 23.9 Å². The fourth-order valence-corrected chi connectivity index (χ4v) is 2.71. The summed E-state index contributed by atoms with van der Waals surface area (Å²) in [5.74, 6) is -0.541. The summed E-state index contributed by atoms with van der Waals surface area (Å²) >= 11 is 0. The first-order chi connectivity index (χ1) is 14.8. The first-order valence-electron chi connectivity index (χ1n) is 9.18.